The van der Waals surface area contributed by atoms with E-state index < -0.39 is 9.84 Å². The minimum absolute atomic E-state index is 0.0393. The summed E-state index contributed by atoms with van der Waals surface area (Å²) in [6.07, 6.45) is 0.414. The lowest BCUT2D eigenvalue weighted by Gasteiger charge is -2.29. The summed E-state index contributed by atoms with van der Waals surface area (Å²) in [6, 6.07) is 10.4. The van der Waals surface area contributed by atoms with Gasteiger partial charge in [-0.3, -0.25) is 4.79 Å². The van der Waals surface area contributed by atoms with Gasteiger partial charge in [-0.2, -0.15) is 0 Å². The van der Waals surface area contributed by atoms with Crippen molar-refractivity contribution in [2.45, 2.75) is 32.9 Å². The lowest BCUT2D eigenvalue weighted by atomic mass is 10.1. The number of ether oxygens (including phenoxy) is 1. The minimum atomic E-state index is -3.14. The standard InChI is InChI=1S/C21H23Cl2NO4S/c1-14-9-18(10-15(2)21(14)23)28-12-20(25)24(17-7-8-29(26,27)13-17)11-16-5-3-4-6-19(16)22/h3-6,9-10,17H,7-8,11-13H2,1-2H3. The minimum Gasteiger partial charge on any atom is -0.484 e. The molecule has 3 rings (SSSR count). The van der Waals surface area contributed by atoms with Crippen LogP contribution in [0, 0.1) is 13.8 Å². The Morgan fingerprint density at radius 2 is 1.83 bits per heavy atom. The number of carbonyl (C=O) groups is 1. The maximum atomic E-state index is 13.0. The van der Waals surface area contributed by atoms with Crippen LogP contribution in [0.3, 0.4) is 0 Å². The molecule has 5 nitrogen and oxygen atoms in total. The molecule has 0 spiro atoms. The fourth-order valence-corrected chi connectivity index (χ4v) is 5.51. The van der Waals surface area contributed by atoms with Crippen molar-refractivity contribution in [2.24, 2.45) is 0 Å². The first-order chi connectivity index (χ1) is 13.7. The first kappa shape index (κ1) is 21.9. The molecule has 0 bridgehead atoms. The first-order valence-electron chi connectivity index (χ1n) is 9.29. The number of carbonyl (C=O) groups excluding carboxylic acids is 1. The third kappa shape index (κ3) is 5.44. The molecule has 0 N–H and O–H groups in total. The summed E-state index contributed by atoms with van der Waals surface area (Å²) in [5.74, 6) is 0.315. The zero-order chi connectivity index (χ0) is 21.2. The zero-order valence-electron chi connectivity index (χ0n) is 16.3. The Morgan fingerprint density at radius 3 is 2.41 bits per heavy atom. The molecule has 0 aromatic heterocycles. The number of benzene rings is 2. The van der Waals surface area contributed by atoms with Crippen molar-refractivity contribution in [2.75, 3.05) is 18.1 Å². The van der Waals surface area contributed by atoms with Crippen LogP contribution in [0.15, 0.2) is 36.4 Å². The Hall–Kier alpha value is -1.76. The van der Waals surface area contributed by atoms with Crippen LogP contribution in [0.4, 0.5) is 0 Å². The Labute approximate surface area is 181 Å². The molecular formula is C21H23Cl2NO4S. The van der Waals surface area contributed by atoms with Gasteiger partial charge in [0.25, 0.3) is 5.91 Å². The highest BCUT2D eigenvalue weighted by atomic mass is 35.5. The third-order valence-corrected chi connectivity index (χ3v) is 7.76. The number of hydrogen-bond donors (Lipinski definition) is 0. The van der Waals surface area contributed by atoms with E-state index in [-0.39, 0.29) is 36.6 Å². The van der Waals surface area contributed by atoms with Crippen LogP contribution in [-0.4, -0.2) is 43.4 Å². The highest BCUT2D eigenvalue weighted by molar-refractivity contribution is 7.91. The summed E-state index contributed by atoms with van der Waals surface area (Å²) in [7, 11) is -3.14. The Bertz CT molecular complexity index is 1000. The molecule has 2 aromatic rings. The molecule has 0 aliphatic carbocycles. The highest BCUT2D eigenvalue weighted by Crippen LogP contribution is 2.27. The van der Waals surface area contributed by atoms with Crippen molar-refractivity contribution >= 4 is 38.9 Å². The van der Waals surface area contributed by atoms with E-state index in [4.69, 9.17) is 27.9 Å². The highest BCUT2D eigenvalue weighted by Gasteiger charge is 2.35. The van der Waals surface area contributed by atoms with Gasteiger partial charge >= 0.3 is 0 Å². The lowest BCUT2D eigenvalue weighted by Crippen LogP contribution is -2.43. The molecule has 0 radical (unpaired) electrons. The maximum absolute atomic E-state index is 13.0. The fourth-order valence-electron chi connectivity index (χ4n) is 3.47. The molecule has 1 saturated heterocycles. The monoisotopic (exact) mass is 455 g/mol. The number of sulfone groups is 1. The van der Waals surface area contributed by atoms with Gasteiger partial charge < -0.3 is 9.64 Å². The summed E-state index contributed by atoms with van der Waals surface area (Å²) in [4.78, 5) is 14.6. The smallest absolute Gasteiger partial charge is 0.261 e. The fraction of sp³-hybridized carbons (Fsp3) is 0.381. The van der Waals surface area contributed by atoms with Crippen LogP contribution in [0.5, 0.6) is 5.75 Å². The quantitative estimate of drug-likeness (QED) is 0.654. The molecule has 2 aromatic carbocycles. The molecule has 8 heteroatoms. The van der Waals surface area contributed by atoms with E-state index in [1.807, 2.05) is 32.0 Å². The second kappa shape index (κ2) is 8.94. The lowest BCUT2D eigenvalue weighted by molar-refractivity contribution is -0.136. The second-order valence-electron chi connectivity index (χ2n) is 7.33. The maximum Gasteiger partial charge on any atom is 0.261 e. The van der Waals surface area contributed by atoms with Crippen molar-refractivity contribution in [3.05, 3.63) is 63.1 Å². The summed E-state index contributed by atoms with van der Waals surface area (Å²) in [6.45, 7) is 3.79. The average molecular weight is 456 g/mol. The van der Waals surface area contributed by atoms with E-state index in [0.717, 1.165) is 16.7 Å². The first-order valence-corrected chi connectivity index (χ1v) is 11.9. The predicted octanol–water partition coefficient (Wildman–Crippen LogP) is 4.20. The van der Waals surface area contributed by atoms with Gasteiger partial charge in [-0.25, -0.2) is 8.42 Å². The topological polar surface area (TPSA) is 63.7 Å². The van der Waals surface area contributed by atoms with Gasteiger partial charge in [0, 0.05) is 22.6 Å². The molecule has 1 aliphatic rings. The van der Waals surface area contributed by atoms with E-state index in [2.05, 4.69) is 0 Å². The molecule has 1 aliphatic heterocycles. The molecular weight excluding hydrogens is 433 g/mol. The largest absolute Gasteiger partial charge is 0.484 e. The number of halogens is 2. The van der Waals surface area contributed by atoms with E-state index >= 15 is 0 Å². The molecule has 1 fully saturated rings. The van der Waals surface area contributed by atoms with Crippen LogP contribution in [0.1, 0.15) is 23.1 Å². The molecule has 1 unspecified atom stereocenters. The molecule has 0 saturated carbocycles. The number of hydrogen-bond acceptors (Lipinski definition) is 4. The molecule has 29 heavy (non-hydrogen) atoms. The van der Waals surface area contributed by atoms with Crippen molar-refractivity contribution in [1.29, 1.82) is 0 Å². The van der Waals surface area contributed by atoms with Crippen molar-refractivity contribution in [3.8, 4) is 5.75 Å². The molecule has 1 heterocycles. The summed E-state index contributed by atoms with van der Waals surface area (Å²) in [5, 5.41) is 1.20. The number of aryl methyl sites for hydroxylation is 2. The number of rotatable bonds is 6. The van der Waals surface area contributed by atoms with Crippen molar-refractivity contribution in [1.82, 2.24) is 4.90 Å². The number of amides is 1. The third-order valence-electron chi connectivity index (χ3n) is 5.04. The second-order valence-corrected chi connectivity index (χ2v) is 10.3. The summed E-state index contributed by atoms with van der Waals surface area (Å²) >= 11 is 12.4. The van der Waals surface area contributed by atoms with E-state index in [1.165, 1.54) is 0 Å². The van der Waals surface area contributed by atoms with Gasteiger partial charge in [0.05, 0.1) is 11.5 Å². The van der Waals surface area contributed by atoms with Crippen molar-refractivity contribution in [3.63, 3.8) is 0 Å². The van der Waals surface area contributed by atoms with Gasteiger partial charge in [-0.05, 0) is 55.2 Å². The zero-order valence-corrected chi connectivity index (χ0v) is 18.6. The SMILES string of the molecule is Cc1cc(OCC(=O)N(Cc2ccccc2Cl)C2CCS(=O)(=O)C2)cc(C)c1Cl. The van der Waals surface area contributed by atoms with Crippen LogP contribution in [-0.2, 0) is 21.2 Å². The van der Waals surface area contributed by atoms with Gasteiger partial charge in [-0.15, -0.1) is 0 Å². The van der Waals surface area contributed by atoms with Gasteiger partial charge in [0.1, 0.15) is 5.75 Å². The number of nitrogens with zero attached hydrogens (tertiary/aromatic N) is 1. The Kier molecular flexibility index (Phi) is 6.76. The Morgan fingerprint density at radius 1 is 1.17 bits per heavy atom. The van der Waals surface area contributed by atoms with Gasteiger partial charge in [-0.1, -0.05) is 41.4 Å². The van der Waals surface area contributed by atoms with E-state index in [1.54, 1.807) is 23.1 Å². The van der Waals surface area contributed by atoms with E-state index in [9.17, 15) is 13.2 Å². The summed E-state index contributed by atoms with van der Waals surface area (Å²) < 4.78 is 29.6. The van der Waals surface area contributed by atoms with Crippen molar-refractivity contribution < 1.29 is 17.9 Å². The van der Waals surface area contributed by atoms with Crippen LogP contribution in [0.2, 0.25) is 10.0 Å². The molecule has 1 atom stereocenters. The predicted molar refractivity (Wildman–Crippen MR) is 115 cm³/mol. The molecule has 156 valence electrons. The normalized spacial score (nSPS) is 17.9. The van der Waals surface area contributed by atoms with E-state index in [0.29, 0.717) is 22.2 Å². The van der Waals surface area contributed by atoms with Gasteiger partial charge in [0.2, 0.25) is 0 Å². The van der Waals surface area contributed by atoms with Crippen LogP contribution < -0.4 is 4.74 Å². The molecule has 1 amide bonds. The average Bonchev–Trinajstić information content (AvgIpc) is 3.02. The summed E-state index contributed by atoms with van der Waals surface area (Å²) in [5.41, 5.74) is 2.50. The van der Waals surface area contributed by atoms with Gasteiger partial charge in [0.15, 0.2) is 16.4 Å². The van der Waals surface area contributed by atoms with Crippen LogP contribution >= 0.6 is 23.2 Å². The van der Waals surface area contributed by atoms with Crippen LogP contribution in [0.25, 0.3) is 0 Å². The Balaban J connectivity index is 1.78.